The Balaban J connectivity index is 2.96. The zero-order valence-electron chi connectivity index (χ0n) is 10.3. The monoisotopic (exact) mass is 354 g/mol. The van der Waals surface area contributed by atoms with Crippen LogP contribution in [0.1, 0.15) is 0 Å². The quantitative estimate of drug-likeness (QED) is 0.752. The van der Waals surface area contributed by atoms with Crippen molar-refractivity contribution in [1.82, 2.24) is 4.90 Å². The SMILES string of the molecule is O=C(O)CN(CC(=O)O)C(=O)Nc1c(Cl)cc(Cl)cc1Cl. The molecule has 114 valence electrons. The summed E-state index contributed by atoms with van der Waals surface area (Å²) in [6.07, 6.45) is 0. The van der Waals surface area contributed by atoms with Crippen LogP contribution < -0.4 is 5.32 Å². The lowest BCUT2D eigenvalue weighted by molar-refractivity contribution is -0.140. The van der Waals surface area contributed by atoms with E-state index in [1.807, 2.05) is 0 Å². The van der Waals surface area contributed by atoms with Crippen molar-refractivity contribution in [3.8, 4) is 0 Å². The molecule has 1 rings (SSSR count). The first kappa shape index (κ1) is 17.4. The van der Waals surface area contributed by atoms with Gasteiger partial charge in [-0.25, -0.2) is 4.79 Å². The van der Waals surface area contributed by atoms with Gasteiger partial charge in [0.05, 0.1) is 15.7 Å². The van der Waals surface area contributed by atoms with Gasteiger partial charge in [-0.05, 0) is 12.1 Å². The Hall–Kier alpha value is -1.70. The summed E-state index contributed by atoms with van der Waals surface area (Å²) in [6, 6.07) is 1.68. The van der Waals surface area contributed by atoms with E-state index in [9.17, 15) is 14.4 Å². The van der Waals surface area contributed by atoms with Crippen molar-refractivity contribution < 1.29 is 24.6 Å². The van der Waals surface area contributed by atoms with Gasteiger partial charge in [-0.1, -0.05) is 34.8 Å². The van der Waals surface area contributed by atoms with Gasteiger partial charge in [-0.3, -0.25) is 9.59 Å². The second-order valence-corrected chi connectivity index (χ2v) is 5.07. The second kappa shape index (κ2) is 7.35. The number of carboxylic acids is 2. The number of urea groups is 1. The van der Waals surface area contributed by atoms with Crippen LogP contribution >= 0.6 is 34.8 Å². The van der Waals surface area contributed by atoms with Crippen molar-refractivity contribution >= 4 is 58.5 Å². The fraction of sp³-hybridized carbons (Fsp3) is 0.182. The minimum atomic E-state index is -1.36. The zero-order chi connectivity index (χ0) is 16.2. The number of halogens is 3. The van der Waals surface area contributed by atoms with Gasteiger partial charge in [0, 0.05) is 5.02 Å². The number of nitrogens with zero attached hydrogens (tertiary/aromatic N) is 1. The number of carboxylic acid groups (broad SMARTS) is 2. The minimum Gasteiger partial charge on any atom is -0.480 e. The second-order valence-electron chi connectivity index (χ2n) is 3.82. The predicted molar refractivity (Wildman–Crippen MR) is 77.3 cm³/mol. The van der Waals surface area contributed by atoms with Gasteiger partial charge in [0.1, 0.15) is 13.1 Å². The fourth-order valence-corrected chi connectivity index (χ4v) is 2.29. The molecular formula is C11H9Cl3N2O5. The highest BCUT2D eigenvalue weighted by Gasteiger charge is 2.21. The smallest absolute Gasteiger partial charge is 0.323 e. The number of amides is 2. The predicted octanol–water partition coefficient (Wildman–Crippen LogP) is 2.65. The molecule has 0 unspecified atom stereocenters. The molecule has 0 aromatic heterocycles. The summed E-state index contributed by atoms with van der Waals surface area (Å²) in [4.78, 5) is 33.8. The summed E-state index contributed by atoms with van der Waals surface area (Å²) in [5.74, 6) is -2.72. The third-order valence-electron chi connectivity index (χ3n) is 2.18. The molecule has 21 heavy (non-hydrogen) atoms. The largest absolute Gasteiger partial charge is 0.480 e. The van der Waals surface area contributed by atoms with Gasteiger partial charge in [0.25, 0.3) is 0 Å². The van der Waals surface area contributed by atoms with Crippen LogP contribution in [0.4, 0.5) is 10.5 Å². The molecule has 3 N–H and O–H groups in total. The molecule has 0 saturated carbocycles. The Morgan fingerprint density at radius 2 is 1.43 bits per heavy atom. The van der Waals surface area contributed by atoms with Crippen molar-refractivity contribution in [3.63, 3.8) is 0 Å². The lowest BCUT2D eigenvalue weighted by atomic mass is 10.3. The topological polar surface area (TPSA) is 107 Å². The fourth-order valence-electron chi connectivity index (χ4n) is 1.37. The Kier molecular flexibility index (Phi) is 6.07. The molecule has 0 radical (unpaired) electrons. The van der Waals surface area contributed by atoms with E-state index in [1.165, 1.54) is 12.1 Å². The number of carbonyl (C=O) groups is 3. The number of benzene rings is 1. The van der Waals surface area contributed by atoms with E-state index in [2.05, 4.69) is 5.32 Å². The lowest BCUT2D eigenvalue weighted by Gasteiger charge is -2.20. The highest BCUT2D eigenvalue weighted by Crippen LogP contribution is 2.33. The number of hydrogen-bond donors (Lipinski definition) is 3. The first-order valence-corrected chi connectivity index (χ1v) is 6.48. The minimum absolute atomic E-state index is 0.00788. The van der Waals surface area contributed by atoms with Crippen LogP contribution in [0.25, 0.3) is 0 Å². The van der Waals surface area contributed by atoms with Crippen LogP contribution in [-0.2, 0) is 9.59 Å². The van der Waals surface area contributed by atoms with E-state index in [0.29, 0.717) is 4.90 Å². The Labute approximate surface area is 134 Å². The number of rotatable bonds is 5. The first-order chi connectivity index (χ1) is 9.70. The highest BCUT2D eigenvalue weighted by molar-refractivity contribution is 6.42. The van der Waals surface area contributed by atoms with Crippen molar-refractivity contribution in [2.45, 2.75) is 0 Å². The number of nitrogens with one attached hydrogen (secondary N) is 1. The summed E-state index contributed by atoms with van der Waals surface area (Å²) in [7, 11) is 0. The molecular weight excluding hydrogens is 346 g/mol. The average Bonchev–Trinajstić information content (AvgIpc) is 2.31. The van der Waals surface area contributed by atoms with Crippen molar-refractivity contribution in [2.75, 3.05) is 18.4 Å². The van der Waals surface area contributed by atoms with E-state index >= 15 is 0 Å². The van der Waals surface area contributed by atoms with Crippen molar-refractivity contribution in [1.29, 1.82) is 0 Å². The summed E-state index contributed by atoms with van der Waals surface area (Å²) >= 11 is 17.4. The number of aliphatic carboxylic acids is 2. The van der Waals surface area contributed by atoms with Crippen LogP contribution in [0, 0.1) is 0 Å². The molecule has 0 heterocycles. The summed E-state index contributed by atoms with van der Waals surface area (Å²) in [6.45, 7) is -1.58. The van der Waals surface area contributed by atoms with Crippen molar-refractivity contribution in [2.24, 2.45) is 0 Å². The third-order valence-corrected chi connectivity index (χ3v) is 2.99. The van der Waals surface area contributed by atoms with E-state index in [1.54, 1.807) is 0 Å². The maximum absolute atomic E-state index is 11.9. The summed E-state index contributed by atoms with van der Waals surface area (Å²) in [5, 5.41) is 19.9. The summed E-state index contributed by atoms with van der Waals surface area (Å²) < 4.78 is 0. The van der Waals surface area contributed by atoms with Crippen LogP contribution in [0.3, 0.4) is 0 Å². The first-order valence-electron chi connectivity index (χ1n) is 5.34. The van der Waals surface area contributed by atoms with E-state index in [0.717, 1.165) is 0 Å². The molecule has 1 aromatic rings. The van der Waals surface area contributed by atoms with E-state index < -0.39 is 31.1 Å². The molecule has 2 amide bonds. The molecule has 0 aliphatic heterocycles. The van der Waals surface area contributed by atoms with Gasteiger partial charge < -0.3 is 20.4 Å². The van der Waals surface area contributed by atoms with E-state index in [4.69, 9.17) is 45.0 Å². The molecule has 7 nitrogen and oxygen atoms in total. The van der Waals surface area contributed by atoms with Crippen LogP contribution in [-0.4, -0.2) is 46.2 Å². The normalized spacial score (nSPS) is 10.0. The molecule has 0 atom stereocenters. The van der Waals surface area contributed by atoms with E-state index in [-0.39, 0.29) is 20.8 Å². The maximum Gasteiger partial charge on any atom is 0.323 e. The lowest BCUT2D eigenvalue weighted by Crippen LogP contribution is -2.42. The van der Waals surface area contributed by atoms with Crippen LogP contribution in [0.2, 0.25) is 15.1 Å². The number of hydrogen-bond acceptors (Lipinski definition) is 3. The zero-order valence-corrected chi connectivity index (χ0v) is 12.5. The molecule has 1 aromatic carbocycles. The molecule has 0 aliphatic rings. The number of carbonyl (C=O) groups excluding carboxylic acids is 1. The molecule has 10 heteroatoms. The van der Waals surface area contributed by atoms with Gasteiger partial charge in [0.15, 0.2) is 0 Å². The van der Waals surface area contributed by atoms with Gasteiger partial charge in [0.2, 0.25) is 0 Å². The average molecular weight is 356 g/mol. The summed E-state index contributed by atoms with van der Waals surface area (Å²) in [5.41, 5.74) is 0.00788. The standard InChI is InChI=1S/C11H9Cl3N2O5/c12-5-1-6(13)10(7(14)2-5)15-11(21)16(3-8(17)18)4-9(19)20/h1-2H,3-4H2,(H,15,21)(H,17,18)(H,19,20). The Morgan fingerprint density at radius 3 is 1.81 bits per heavy atom. The maximum atomic E-state index is 11.9. The molecule has 0 bridgehead atoms. The molecule has 0 saturated heterocycles. The molecule has 0 aliphatic carbocycles. The van der Waals surface area contributed by atoms with Gasteiger partial charge in [-0.15, -0.1) is 0 Å². The Morgan fingerprint density at radius 1 is 1.00 bits per heavy atom. The van der Waals surface area contributed by atoms with Crippen molar-refractivity contribution in [3.05, 3.63) is 27.2 Å². The van der Waals surface area contributed by atoms with Crippen LogP contribution in [0.15, 0.2) is 12.1 Å². The molecule has 0 fully saturated rings. The number of anilines is 1. The van der Waals surface area contributed by atoms with Crippen LogP contribution in [0.5, 0.6) is 0 Å². The Bertz CT molecular complexity index is 554. The van der Waals surface area contributed by atoms with Gasteiger partial charge >= 0.3 is 18.0 Å². The highest BCUT2D eigenvalue weighted by atomic mass is 35.5. The third kappa shape index (κ3) is 5.30. The molecule has 0 spiro atoms. The van der Waals surface area contributed by atoms with Gasteiger partial charge in [-0.2, -0.15) is 0 Å².